The van der Waals surface area contributed by atoms with Crippen molar-refractivity contribution in [2.24, 2.45) is 5.73 Å². The number of benzene rings is 1. The van der Waals surface area contributed by atoms with Crippen molar-refractivity contribution in [1.29, 1.82) is 5.41 Å². The molecule has 0 saturated carbocycles. The van der Waals surface area contributed by atoms with E-state index in [0.717, 1.165) is 18.2 Å². The molecule has 3 N–H and O–H groups in total. The van der Waals surface area contributed by atoms with Gasteiger partial charge in [-0.25, -0.2) is 8.78 Å². The van der Waals surface area contributed by atoms with E-state index in [2.05, 4.69) is 0 Å². The predicted octanol–water partition coefficient (Wildman–Crippen LogP) is 2.06. The second-order valence-electron chi connectivity index (χ2n) is 3.04. The molecule has 0 bridgehead atoms. The van der Waals surface area contributed by atoms with Crippen molar-refractivity contribution in [2.75, 3.05) is 0 Å². The molecule has 0 aliphatic heterocycles. The monoisotopic (exact) mass is 214 g/mol. The zero-order chi connectivity index (χ0) is 11.4. The van der Waals surface area contributed by atoms with Crippen LogP contribution in [-0.4, -0.2) is 11.9 Å². The van der Waals surface area contributed by atoms with Crippen LogP contribution in [0.15, 0.2) is 18.2 Å². The molecular weight excluding hydrogens is 202 g/mol. The Morgan fingerprint density at radius 2 is 2.20 bits per heavy atom. The first-order chi connectivity index (χ1) is 7.04. The van der Waals surface area contributed by atoms with E-state index in [1.54, 1.807) is 6.92 Å². The van der Waals surface area contributed by atoms with Gasteiger partial charge in [0.2, 0.25) is 0 Å². The molecule has 0 saturated heterocycles. The molecule has 5 heteroatoms. The first kappa shape index (κ1) is 11.4. The first-order valence-corrected chi connectivity index (χ1v) is 4.50. The van der Waals surface area contributed by atoms with Gasteiger partial charge in [0, 0.05) is 6.07 Å². The van der Waals surface area contributed by atoms with Crippen molar-refractivity contribution in [3.05, 3.63) is 29.8 Å². The Morgan fingerprint density at radius 1 is 1.53 bits per heavy atom. The molecule has 0 fully saturated rings. The van der Waals surface area contributed by atoms with Crippen LogP contribution >= 0.6 is 0 Å². The molecule has 0 aliphatic rings. The molecule has 0 spiro atoms. The Morgan fingerprint density at radius 3 is 2.73 bits per heavy atom. The van der Waals surface area contributed by atoms with Gasteiger partial charge in [-0.1, -0.05) is 6.92 Å². The highest BCUT2D eigenvalue weighted by atomic mass is 19.1. The molecule has 0 amide bonds. The Labute approximate surface area is 86.4 Å². The third-order valence-corrected chi connectivity index (χ3v) is 1.88. The van der Waals surface area contributed by atoms with E-state index in [4.69, 9.17) is 15.9 Å². The van der Waals surface area contributed by atoms with Crippen LogP contribution in [0.3, 0.4) is 0 Å². The van der Waals surface area contributed by atoms with Gasteiger partial charge in [-0.2, -0.15) is 0 Å². The highest BCUT2D eigenvalue weighted by Crippen LogP contribution is 2.19. The van der Waals surface area contributed by atoms with Crippen LogP contribution in [0.5, 0.6) is 5.75 Å². The van der Waals surface area contributed by atoms with Gasteiger partial charge in [0.25, 0.3) is 0 Å². The number of ether oxygens (including phenoxy) is 1. The van der Waals surface area contributed by atoms with Crippen LogP contribution in [0.1, 0.15) is 13.3 Å². The van der Waals surface area contributed by atoms with E-state index in [9.17, 15) is 8.78 Å². The molecule has 0 radical (unpaired) electrons. The molecule has 82 valence electrons. The van der Waals surface area contributed by atoms with E-state index in [0.29, 0.717) is 6.42 Å². The number of hydrogen-bond donors (Lipinski definition) is 2. The fourth-order valence-electron chi connectivity index (χ4n) is 1.09. The summed E-state index contributed by atoms with van der Waals surface area (Å²) in [6.45, 7) is 1.74. The number of nitrogens with one attached hydrogen (secondary N) is 1. The van der Waals surface area contributed by atoms with Crippen LogP contribution < -0.4 is 10.5 Å². The smallest absolute Gasteiger partial charge is 0.165 e. The molecular formula is C10H12F2N2O. The highest BCUT2D eigenvalue weighted by Gasteiger charge is 2.14. The van der Waals surface area contributed by atoms with E-state index in [1.165, 1.54) is 0 Å². The lowest BCUT2D eigenvalue weighted by molar-refractivity contribution is 0.247. The summed E-state index contributed by atoms with van der Waals surface area (Å²) in [6.07, 6.45) is -0.299. The molecule has 0 aliphatic carbocycles. The summed E-state index contributed by atoms with van der Waals surface area (Å²) in [7, 11) is 0. The van der Waals surface area contributed by atoms with Crippen LogP contribution in [0.4, 0.5) is 8.78 Å². The van der Waals surface area contributed by atoms with Crippen LogP contribution in [0, 0.1) is 17.0 Å². The van der Waals surface area contributed by atoms with Gasteiger partial charge in [0.15, 0.2) is 17.7 Å². The molecule has 1 rings (SSSR count). The standard InChI is InChI=1S/C10H12F2N2O/c1-2-8(10(13)14)15-9-5-6(11)3-4-7(9)12/h3-5,8H,2H2,1H3,(H3,13,14). The summed E-state index contributed by atoms with van der Waals surface area (Å²) >= 11 is 0. The van der Waals surface area contributed by atoms with Crippen molar-refractivity contribution in [2.45, 2.75) is 19.4 Å². The quantitative estimate of drug-likeness (QED) is 0.595. The topological polar surface area (TPSA) is 59.1 Å². The second-order valence-corrected chi connectivity index (χ2v) is 3.04. The summed E-state index contributed by atoms with van der Waals surface area (Å²) in [5.41, 5.74) is 5.23. The summed E-state index contributed by atoms with van der Waals surface area (Å²) in [4.78, 5) is 0. The fraction of sp³-hybridized carbons (Fsp3) is 0.300. The normalized spacial score (nSPS) is 12.2. The predicted molar refractivity (Wildman–Crippen MR) is 53.0 cm³/mol. The van der Waals surface area contributed by atoms with E-state index in [1.807, 2.05) is 0 Å². The SMILES string of the molecule is CCC(Oc1cc(F)ccc1F)C(=N)N. The summed E-state index contributed by atoms with van der Waals surface area (Å²) in [6, 6.07) is 2.90. The zero-order valence-corrected chi connectivity index (χ0v) is 8.26. The van der Waals surface area contributed by atoms with E-state index >= 15 is 0 Å². The molecule has 1 unspecified atom stereocenters. The lowest BCUT2D eigenvalue weighted by Gasteiger charge is -2.16. The minimum Gasteiger partial charge on any atom is -0.479 e. The van der Waals surface area contributed by atoms with Gasteiger partial charge in [0.05, 0.1) is 0 Å². The molecule has 3 nitrogen and oxygen atoms in total. The number of hydrogen-bond acceptors (Lipinski definition) is 2. The molecule has 1 aromatic rings. The number of halogens is 2. The highest BCUT2D eigenvalue weighted by molar-refractivity contribution is 5.81. The van der Waals surface area contributed by atoms with E-state index < -0.39 is 17.7 Å². The van der Waals surface area contributed by atoms with Gasteiger partial charge in [-0.15, -0.1) is 0 Å². The minimum atomic E-state index is -0.721. The molecule has 15 heavy (non-hydrogen) atoms. The lowest BCUT2D eigenvalue weighted by Crippen LogP contribution is -2.32. The number of rotatable bonds is 4. The van der Waals surface area contributed by atoms with Gasteiger partial charge < -0.3 is 10.5 Å². The molecule has 1 atom stereocenters. The van der Waals surface area contributed by atoms with Crippen molar-refractivity contribution in [1.82, 2.24) is 0 Å². The summed E-state index contributed by atoms with van der Waals surface area (Å²) in [5, 5.41) is 7.16. The Balaban J connectivity index is 2.87. The Bertz CT molecular complexity index is 368. The van der Waals surface area contributed by atoms with Gasteiger partial charge in [0.1, 0.15) is 11.7 Å². The number of nitrogens with two attached hydrogens (primary N) is 1. The number of amidine groups is 1. The minimum absolute atomic E-state index is 0.207. The van der Waals surface area contributed by atoms with Gasteiger partial charge in [-0.05, 0) is 18.6 Å². The van der Waals surface area contributed by atoms with Crippen LogP contribution in [-0.2, 0) is 0 Å². The van der Waals surface area contributed by atoms with Crippen LogP contribution in [0.2, 0.25) is 0 Å². The maximum absolute atomic E-state index is 13.1. The average Bonchev–Trinajstić information content (AvgIpc) is 2.18. The second kappa shape index (κ2) is 4.72. The maximum atomic E-state index is 13.1. The third kappa shape index (κ3) is 2.90. The van der Waals surface area contributed by atoms with Crippen molar-refractivity contribution in [3.8, 4) is 5.75 Å². The Kier molecular flexibility index (Phi) is 3.60. The van der Waals surface area contributed by atoms with Crippen LogP contribution in [0.25, 0.3) is 0 Å². The first-order valence-electron chi connectivity index (χ1n) is 4.50. The maximum Gasteiger partial charge on any atom is 0.165 e. The third-order valence-electron chi connectivity index (χ3n) is 1.88. The van der Waals surface area contributed by atoms with Crippen molar-refractivity contribution >= 4 is 5.84 Å². The molecule has 1 aromatic carbocycles. The molecule has 0 aromatic heterocycles. The summed E-state index contributed by atoms with van der Waals surface area (Å²) in [5.74, 6) is -1.70. The summed E-state index contributed by atoms with van der Waals surface area (Å²) < 4.78 is 31.0. The zero-order valence-electron chi connectivity index (χ0n) is 8.26. The van der Waals surface area contributed by atoms with Crippen molar-refractivity contribution < 1.29 is 13.5 Å². The van der Waals surface area contributed by atoms with E-state index in [-0.39, 0.29) is 11.6 Å². The largest absolute Gasteiger partial charge is 0.479 e. The fourth-order valence-corrected chi connectivity index (χ4v) is 1.09. The van der Waals surface area contributed by atoms with Gasteiger partial charge in [-0.3, -0.25) is 5.41 Å². The average molecular weight is 214 g/mol. The van der Waals surface area contributed by atoms with Crippen molar-refractivity contribution in [3.63, 3.8) is 0 Å². The lowest BCUT2D eigenvalue weighted by atomic mass is 10.2. The van der Waals surface area contributed by atoms with Gasteiger partial charge >= 0.3 is 0 Å². The Hall–Kier alpha value is -1.65. The molecule has 0 heterocycles.